The number of H-pyrrole nitrogens is 2. The Balaban J connectivity index is 1.88. The molecule has 0 atom stereocenters. The number of halogens is 2. The summed E-state index contributed by atoms with van der Waals surface area (Å²) in [7, 11) is 0. The molecule has 3 aromatic carbocycles. The minimum atomic E-state index is -0.244. The first-order valence-electron chi connectivity index (χ1n) is 8.54. The molecule has 122 valence electrons. The van der Waals surface area contributed by atoms with Crippen molar-refractivity contribution in [3.05, 3.63) is 59.7 Å². The zero-order valence-electron chi connectivity index (χ0n) is 13.3. The van der Waals surface area contributed by atoms with E-state index in [9.17, 15) is 8.78 Å². The molecule has 2 N–H and O–H groups in total. The molecule has 0 aliphatic heterocycles. The van der Waals surface area contributed by atoms with Gasteiger partial charge in [-0.3, -0.25) is 0 Å². The van der Waals surface area contributed by atoms with E-state index in [-0.39, 0.29) is 11.6 Å². The van der Waals surface area contributed by atoms with Gasteiger partial charge in [0.2, 0.25) is 0 Å². The van der Waals surface area contributed by atoms with Crippen LogP contribution in [0.25, 0.3) is 43.6 Å². The third-order valence-electron chi connectivity index (χ3n) is 5.41. The molecule has 0 amide bonds. The Morgan fingerprint density at radius 3 is 1.68 bits per heavy atom. The summed E-state index contributed by atoms with van der Waals surface area (Å²) in [5.41, 5.74) is 5.26. The molecule has 0 saturated heterocycles. The molecule has 6 rings (SSSR count). The predicted octanol–water partition coefficient (Wildman–Crippen LogP) is 6.11. The van der Waals surface area contributed by atoms with Crippen molar-refractivity contribution in [3.63, 3.8) is 0 Å². The van der Waals surface area contributed by atoms with Crippen LogP contribution in [0, 0.1) is 11.6 Å². The molecule has 0 unspecified atom stereocenters. The molecule has 5 aromatic rings. The average molecular weight is 332 g/mol. The second-order valence-electron chi connectivity index (χ2n) is 7.04. The van der Waals surface area contributed by atoms with Gasteiger partial charge in [0.15, 0.2) is 0 Å². The van der Waals surface area contributed by atoms with Gasteiger partial charge in [-0.05, 0) is 61.2 Å². The third kappa shape index (κ3) is 1.77. The summed E-state index contributed by atoms with van der Waals surface area (Å²) in [5, 5.41) is 3.78. The number of fused-ring (bicyclic) bond motifs is 6. The number of aromatic amines is 2. The van der Waals surface area contributed by atoms with Crippen LogP contribution in [0.15, 0.2) is 42.5 Å². The van der Waals surface area contributed by atoms with E-state index in [0.717, 1.165) is 56.5 Å². The monoisotopic (exact) mass is 332 g/mol. The zero-order chi connectivity index (χ0) is 16.7. The minimum absolute atomic E-state index is 0.244. The van der Waals surface area contributed by atoms with Gasteiger partial charge in [-0.2, -0.15) is 0 Å². The van der Waals surface area contributed by atoms with Crippen molar-refractivity contribution in [1.29, 1.82) is 0 Å². The van der Waals surface area contributed by atoms with Crippen LogP contribution in [0.3, 0.4) is 0 Å². The lowest BCUT2D eigenvalue weighted by Crippen LogP contribution is -1.85. The van der Waals surface area contributed by atoms with Crippen LogP contribution in [0.5, 0.6) is 0 Å². The number of benzene rings is 3. The molecule has 25 heavy (non-hydrogen) atoms. The summed E-state index contributed by atoms with van der Waals surface area (Å²) >= 11 is 0. The first kappa shape index (κ1) is 13.4. The van der Waals surface area contributed by atoms with Crippen molar-refractivity contribution in [3.8, 4) is 0 Å². The second kappa shape index (κ2) is 4.39. The molecule has 1 aliphatic rings. The van der Waals surface area contributed by atoms with Gasteiger partial charge in [-0.15, -0.1) is 0 Å². The summed E-state index contributed by atoms with van der Waals surface area (Å²) in [4.78, 5) is 6.96. The Bertz CT molecular complexity index is 1230. The number of rotatable bonds is 1. The van der Waals surface area contributed by atoms with E-state index in [1.165, 1.54) is 17.7 Å². The van der Waals surface area contributed by atoms with Crippen molar-refractivity contribution in [2.45, 2.75) is 18.8 Å². The fourth-order valence-corrected chi connectivity index (χ4v) is 4.14. The van der Waals surface area contributed by atoms with Crippen LogP contribution in [0.4, 0.5) is 8.78 Å². The molecule has 1 fully saturated rings. The lowest BCUT2D eigenvalue weighted by Gasteiger charge is -2.04. The third-order valence-corrected chi connectivity index (χ3v) is 5.41. The molecule has 1 saturated carbocycles. The van der Waals surface area contributed by atoms with E-state index in [1.54, 1.807) is 24.3 Å². The molecular formula is C21H14F2N2. The van der Waals surface area contributed by atoms with E-state index >= 15 is 0 Å². The molecule has 2 nitrogen and oxygen atoms in total. The van der Waals surface area contributed by atoms with E-state index in [2.05, 4.69) is 16.0 Å². The van der Waals surface area contributed by atoms with Crippen molar-refractivity contribution in [1.82, 2.24) is 9.97 Å². The highest BCUT2D eigenvalue weighted by Gasteiger charge is 2.30. The first-order valence-corrected chi connectivity index (χ1v) is 8.54. The summed E-state index contributed by atoms with van der Waals surface area (Å²) in [6, 6.07) is 11.7. The van der Waals surface area contributed by atoms with Gasteiger partial charge in [-0.25, -0.2) is 8.78 Å². The molecule has 2 heterocycles. The maximum absolute atomic E-state index is 13.8. The number of hydrogen-bond donors (Lipinski definition) is 2. The summed E-state index contributed by atoms with van der Waals surface area (Å²) in [5.74, 6) is 0.0138. The SMILES string of the molecule is Fc1ccc2[nH]c3c(C4CC4)c4[nH]c5ccc(F)cc5c4cc3c2c1. The maximum Gasteiger partial charge on any atom is 0.123 e. The molecule has 1 aliphatic carbocycles. The molecule has 2 aromatic heterocycles. The maximum atomic E-state index is 13.8. The second-order valence-corrected chi connectivity index (χ2v) is 7.04. The Morgan fingerprint density at radius 1 is 0.680 bits per heavy atom. The summed E-state index contributed by atoms with van der Waals surface area (Å²) < 4.78 is 27.6. The highest BCUT2D eigenvalue weighted by molar-refractivity contribution is 6.19. The lowest BCUT2D eigenvalue weighted by atomic mass is 10.0. The molecule has 0 bridgehead atoms. The van der Waals surface area contributed by atoms with E-state index in [1.807, 2.05) is 0 Å². The summed E-state index contributed by atoms with van der Waals surface area (Å²) in [6.07, 6.45) is 2.31. The summed E-state index contributed by atoms with van der Waals surface area (Å²) in [6.45, 7) is 0. The molecular weight excluding hydrogens is 318 g/mol. The van der Waals surface area contributed by atoms with Gasteiger partial charge in [0, 0.05) is 38.1 Å². The Kier molecular flexibility index (Phi) is 2.36. The standard InChI is InChI=1S/C21H14F2N2/c22-11-3-5-17-13(7-11)15-9-16-14-8-12(23)4-6-18(14)25-21(16)19(10-1-2-10)20(15)24-17/h3-10,24-25H,1-2H2. The average Bonchev–Trinajstić information content (AvgIpc) is 3.28. The molecule has 0 radical (unpaired) electrons. The van der Waals surface area contributed by atoms with Gasteiger partial charge in [-0.1, -0.05) is 0 Å². The molecule has 0 spiro atoms. The quantitative estimate of drug-likeness (QED) is 0.371. The van der Waals surface area contributed by atoms with E-state index in [0.29, 0.717) is 5.92 Å². The highest BCUT2D eigenvalue weighted by atomic mass is 19.1. The van der Waals surface area contributed by atoms with Crippen molar-refractivity contribution in [2.24, 2.45) is 0 Å². The smallest absolute Gasteiger partial charge is 0.123 e. The number of hydrogen-bond acceptors (Lipinski definition) is 0. The lowest BCUT2D eigenvalue weighted by molar-refractivity contribution is 0.629. The van der Waals surface area contributed by atoms with Gasteiger partial charge in [0.05, 0.1) is 11.0 Å². The molecule has 4 heteroatoms. The fraction of sp³-hybridized carbons (Fsp3) is 0.143. The highest BCUT2D eigenvalue weighted by Crippen LogP contribution is 2.48. The van der Waals surface area contributed by atoms with Crippen LogP contribution in [-0.4, -0.2) is 9.97 Å². The topological polar surface area (TPSA) is 31.6 Å². The van der Waals surface area contributed by atoms with Crippen molar-refractivity contribution >= 4 is 43.6 Å². The van der Waals surface area contributed by atoms with Crippen LogP contribution in [0.1, 0.15) is 24.3 Å². The van der Waals surface area contributed by atoms with Crippen LogP contribution < -0.4 is 0 Å². The van der Waals surface area contributed by atoms with Crippen LogP contribution in [0.2, 0.25) is 0 Å². The number of nitrogens with one attached hydrogen (secondary N) is 2. The minimum Gasteiger partial charge on any atom is -0.354 e. The van der Waals surface area contributed by atoms with Gasteiger partial charge in [0.25, 0.3) is 0 Å². The predicted molar refractivity (Wildman–Crippen MR) is 97.1 cm³/mol. The van der Waals surface area contributed by atoms with Crippen molar-refractivity contribution < 1.29 is 8.78 Å². The first-order chi connectivity index (χ1) is 12.2. The van der Waals surface area contributed by atoms with Gasteiger partial charge < -0.3 is 9.97 Å². The Labute approximate surface area is 141 Å². The Morgan fingerprint density at radius 2 is 1.20 bits per heavy atom. The van der Waals surface area contributed by atoms with Crippen LogP contribution in [-0.2, 0) is 0 Å². The number of aromatic nitrogens is 2. The normalized spacial score (nSPS) is 15.1. The van der Waals surface area contributed by atoms with E-state index < -0.39 is 0 Å². The Hall–Kier alpha value is -2.88. The fourth-order valence-electron chi connectivity index (χ4n) is 4.14. The van der Waals surface area contributed by atoms with Gasteiger partial charge in [0.1, 0.15) is 11.6 Å². The largest absolute Gasteiger partial charge is 0.354 e. The zero-order valence-corrected chi connectivity index (χ0v) is 13.3. The van der Waals surface area contributed by atoms with Gasteiger partial charge >= 0.3 is 0 Å². The van der Waals surface area contributed by atoms with E-state index in [4.69, 9.17) is 0 Å². The van der Waals surface area contributed by atoms with Crippen LogP contribution >= 0.6 is 0 Å². The van der Waals surface area contributed by atoms with Crippen molar-refractivity contribution in [2.75, 3.05) is 0 Å².